The molecule has 3 saturated heterocycles. The predicted octanol–water partition coefficient (Wildman–Crippen LogP) is -6.14. The molecule has 3 aliphatic heterocycles. The van der Waals surface area contributed by atoms with Crippen molar-refractivity contribution in [2.24, 2.45) is 0 Å². The van der Waals surface area contributed by atoms with Gasteiger partial charge in [0.2, 0.25) is 0 Å². The molecule has 0 aromatic rings. The number of hydrogen-bond donors (Lipinski definition) is 10. The SMILES string of the molecule is CC1(C)O[C@@H]([C@@H](O)[C@H](O)CO[C@@H]2O[C@H](CO)[C@@H](O)[C@H](O)[C@H]2O)[C@H](CO[C@@H]2O[C@H](CO)[C@@H](O)[C@H](O)[C@H]2O)O1. The van der Waals surface area contributed by atoms with E-state index >= 15 is 0 Å². The van der Waals surface area contributed by atoms with Gasteiger partial charge in [-0.3, -0.25) is 0 Å². The van der Waals surface area contributed by atoms with Gasteiger partial charge in [-0.05, 0) is 13.8 Å². The Labute approximate surface area is 212 Å². The van der Waals surface area contributed by atoms with E-state index in [1.807, 2.05) is 0 Å². The second kappa shape index (κ2) is 12.7. The summed E-state index contributed by atoms with van der Waals surface area (Å²) in [5.74, 6) is -1.23. The van der Waals surface area contributed by atoms with E-state index in [9.17, 15) is 51.1 Å². The number of rotatable bonds is 10. The van der Waals surface area contributed by atoms with Gasteiger partial charge in [0.25, 0.3) is 0 Å². The van der Waals surface area contributed by atoms with E-state index in [1.165, 1.54) is 13.8 Å². The van der Waals surface area contributed by atoms with Gasteiger partial charge in [-0.1, -0.05) is 0 Å². The summed E-state index contributed by atoms with van der Waals surface area (Å²) in [4.78, 5) is 0. The maximum atomic E-state index is 10.7. The second-order valence-corrected chi connectivity index (χ2v) is 9.76. The smallest absolute Gasteiger partial charge is 0.186 e. The Balaban J connectivity index is 1.58. The molecular formula is C21H38O16. The molecule has 3 rings (SSSR count). The third-order valence-corrected chi connectivity index (χ3v) is 6.51. The Bertz CT molecular complexity index is 708. The Morgan fingerprint density at radius 1 is 0.676 bits per heavy atom. The van der Waals surface area contributed by atoms with E-state index in [0.717, 1.165) is 0 Å². The fourth-order valence-electron chi connectivity index (χ4n) is 4.39. The van der Waals surface area contributed by atoms with Crippen LogP contribution in [-0.4, -0.2) is 169 Å². The van der Waals surface area contributed by atoms with E-state index in [-0.39, 0.29) is 6.61 Å². The molecule has 0 unspecified atom stereocenters. The van der Waals surface area contributed by atoms with Crippen molar-refractivity contribution >= 4 is 0 Å². The van der Waals surface area contributed by atoms with Gasteiger partial charge in [-0.25, -0.2) is 0 Å². The first kappa shape index (κ1) is 30.9. The van der Waals surface area contributed by atoms with Crippen LogP contribution in [0.25, 0.3) is 0 Å². The summed E-state index contributed by atoms with van der Waals surface area (Å²) < 4.78 is 32.6. The molecule has 0 aromatic carbocycles. The lowest BCUT2D eigenvalue weighted by Crippen LogP contribution is -2.60. The van der Waals surface area contributed by atoms with Crippen molar-refractivity contribution in [1.29, 1.82) is 0 Å². The number of aliphatic hydroxyl groups is 10. The Kier molecular flexibility index (Phi) is 10.6. The van der Waals surface area contributed by atoms with Gasteiger partial charge in [-0.15, -0.1) is 0 Å². The Hall–Kier alpha value is -0.640. The van der Waals surface area contributed by atoms with Crippen LogP contribution in [0.1, 0.15) is 13.8 Å². The molecule has 0 radical (unpaired) electrons. The summed E-state index contributed by atoms with van der Waals surface area (Å²) in [6, 6.07) is 0. The molecule has 218 valence electrons. The van der Waals surface area contributed by atoms with Crippen LogP contribution in [0.3, 0.4) is 0 Å². The van der Waals surface area contributed by atoms with Gasteiger partial charge in [0, 0.05) is 0 Å². The van der Waals surface area contributed by atoms with Gasteiger partial charge in [-0.2, -0.15) is 0 Å². The van der Waals surface area contributed by atoms with Crippen LogP contribution >= 0.6 is 0 Å². The zero-order valence-corrected chi connectivity index (χ0v) is 20.3. The van der Waals surface area contributed by atoms with E-state index in [0.29, 0.717) is 0 Å². The maximum absolute atomic E-state index is 10.7. The van der Waals surface area contributed by atoms with Crippen LogP contribution in [-0.2, 0) is 28.4 Å². The van der Waals surface area contributed by atoms with Crippen LogP contribution in [0.4, 0.5) is 0 Å². The first-order valence-corrected chi connectivity index (χ1v) is 11.9. The van der Waals surface area contributed by atoms with E-state index in [1.54, 1.807) is 0 Å². The second-order valence-electron chi connectivity index (χ2n) is 9.76. The molecule has 0 aliphatic carbocycles. The number of ether oxygens (including phenoxy) is 6. The van der Waals surface area contributed by atoms with Crippen LogP contribution < -0.4 is 0 Å². The number of aliphatic hydroxyl groups excluding tert-OH is 10. The molecule has 10 N–H and O–H groups in total. The maximum Gasteiger partial charge on any atom is 0.186 e. The molecule has 3 fully saturated rings. The monoisotopic (exact) mass is 546 g/mol. The highest BCUT2D eigenvalue weighted by molar-refractivity contribution is 4.93. The lowest BCUT2D eigenvalue weighted by Gasteiger charge is -2.40. The molecule has 0 bridgehead atoms. The van der Waals surface area contributed by atoms with E-state index in [2.05, 4.69) is 0 Å². The van der Waals surface area contributed by atoms with Crippen LogP contribution in [0.2, 0.25) is 0 Å². The molecule has 14 atom stereocenters. The highest BCUT2D eigenvalue weighted by Gasteiger charge is 2.50. The number of hydrogen-bond acceptors (Lipinski definition) is 16. The average molecular weight is 547 g/mol. The summed E-state index contributed by atoms with van der Waals surface area (Å²) >= 11 is 0. The minimum absolute atomic E-state index is 0.367. The van der Waals surface area contributed by atoms with E-state index < -0.39 is 111 Å². The zero-order valence-electron chi connectivity index (χ0n) is 20.3. The highest BCUT2D eigenvalue weighted by Crippen LogP contribution is 2.32. The van der Waals surface area contributed by atoms with Crippen molar-refractivity contribution in [3.8, 4) is 0 Å². The Morgan fingerprint density at radius 3 is 1.65 bits per heavy atom. The Morgan fingerprint density at radius 2 is 1.16 bits per heavy atom. The van der Waals surface area contributed by atoms with E-state index in [4.69, 9.17) is 28.4 Å². The van der Waals surface area contributed by atoms with Gasteiger partial charge < -0.3 is 79.5 Å². The molecule has 0 spiro atoms. The van der Waals surface area contributed by atoms with Gasteiger partial charge in [0.15, 0.2) is 18.4 Å². The van der Waals surface area contributed by atoms with Gasteiger partial charge >= 0.3 is 0 Å². The average Bonchev–Trinajstić information content (AvgIpc) is 3.18. The van der Waals surface area contributed by atoms with Crippen molar-refractivity contribution < 1.29 is 79.5 Å². The summed E-state index contributed by atoms with van der Waals surface area (Å²) in [6.45, 7) is 0.769. The molecule has 16 nitrogen and oxygen atoms in total. The highest BCUT2D eigenvalue weighted by atomic mass is 16.8. The fourth-order valence-corrected chi connectivity index (χ4v) is 4.39. The normalized spacial score (nSPS) is 46.1. The van der Waals surface area contributed by atoms with Gasteiger partial charge in [0.05, 0.1) is 26.4 Å². The summed E-state index contributed by atoms with van der Waals surface area (Å²) in [6.07, 6.45) is -20.8. The first-order chi connectivity index (χ1) is 17.3. The standard InChI is InChI=1S/C21H38O16/c1-21(2)36-10(6-33-20-17(31)15(29)13(27)9(4-23)35-20)18(37-21)11(25)7(24)5-32-19-16(30)14(28)12(26)8(3-22)34-19/h7-20,22-31H,3-6H2,1-2H3/t7-,8-,9-,10+,11+,12-,13-,14+,15+,16-,17-,18-,19-,20-/m1/s1. The van der Waals surface area contributed by atoms with Crippen LogP contribution in [0.15, 0.2) is 0 Å². The lowest BCUT2D eigenvalue weighted by molar-refractivity contribution is -0.307. The molecule has 3 aliphatic rings. The largest absolute Gasteiger partial charge is 0.394 e. The molecule has 0 aromatic heterocycles. The third-order valence-electron chi connectivity index (χ3n) is 6.51. The minimum Gasteiger partial charge on any atom is -0.394 e. The van der Waals surface area contributed by atoms with Crippen molar-refractivity contribution in [2.75, 3.05) is 26.4 Å². The lowest BCUT2D eigenvalue weighted by atomic mass is 9.99. The molecule has 16 heteroatoms. The molecule has 0 saturated carbocycles. The third kappa shape index (κ3) is 6.93. The topological polar surface area (TPSA) is 258 Å². The minimum atomic E-state index is -1.70. The summed E-state index contributed by atoms with van der Waals surface area (Å²) in [5.41, 5.74) is 0. The summed E-state index contributed by atoms with van der Waals surface area (Å²) in [5, 5.41) is 99.5. The zero-order chi connectivity index (χ0) is 27.7. The molecule has 37 heavy (non-hydrogen) atoms. The van der Waals surface area contributed by atoms with Crippen LogP contribution in [0.5, 0.6) is 0 Å². The fraction of sp³-hybridized carbons (Fsp3) is 1.00. The predicted molar refractivity (Wildman–Crippen MR) is 115 cm³/mol. The van der Waals surface area contributed by atoms with Crippen molar-refractivity contribution in [2.45, 2.75) is 105 Å². The quantitative estimate of drug-likeness (QED) is 0.122. The van der Waals surface area contributed by atoms with Gasteiger partial charge in [0.1, 0.15) is 73.2 Å². The summed E-state index contributed by atoms with van der Waals surface area (Å²) in [7, 11) is 0. The van der Waals surface area contributed by atoms with Crippen LogP contribution in [0, 0.1) is 0 Å². The van der Waals surface area contributed by atoms with Crippen molar-refractivity contribution in [3.63, 3.8) is 0 Å². The van der Waals surface area contributed by atoms with Crippen molar-refractivity contribution in [3.05, 3.63) is 0 Å². The van der Waals surface area contributed by atoms with Crippen molar-refractivity contribution in [1.82, 2.24) is 0 Å². The molecule has 0 amide bonds. The molecular weight excluding hydrogens is 508 g/mol. The molecule has 3 heterocycles. The first-order valence-electron chi connectivity index (χ1n) is 11.9.